The summed E-state index contributed by atoms with van der Waals surface area (Å²) in [5.74, 6) is 0.291. The van der Waals surface area contributed by atoms with Crippen LogP contribution >= 0.6 is 0 Å². The number of aromatic nitrogens is 2. The number of morpholine rings is 1. The minimum atomic E-state index is -0.169. The van der Waals surface area contributed by atoms with Gasteiger partial charge in [0.2, 0.25) is 0 Å². The van der Waals surface area contributed by atoms with Gasteiger partial charge >= 0.3 is 0 Å². The first-order chi connectivity index (χ1) is 12.7. The molecule has 1 atom stereocenters. The van der Waals surface area contributed by atoms with E-state index in [9.17, 15) is 4.79 Å². The SMILES string of the molecule is CCC[C@H]1COCCN1Cc1cccc(C(=O)Nc2ccc(C)nn2)c1. The number of carbonyl (C=O) groups is 1. The number of benzene rings is 1. The largest absolute Gasteiger partial charge is 0.378 e. The van der Waals surface area contributed by atoms with E-state index in [1.54, 1.807) is 6.07 Å². The molecule has 2 heterocycles. The van der Waals surface area contributed by atoms with Crippen LogP contribution in [0.25, 0.3) is 0 Å². The van der Waals surface area contributed by atoms with Crippen molar-refractivity contribution >= 4 is 11.7 Å². The van der Waals surface area contributed by atoms with E-state index < -0.39 is 0 Å². The standard InChI is InChI=1S/C20H26N4O2/c1-3-5-18-14-26-11-10-24(18)13-16-6-4-7-17(12-16)20(25)21-19-9-8-15(2)22-23-19/h4,6-9,12,18H,3,5,10-11,13-14H2,1-2H3,(H,21,23,25)/t18-/m0/s1. The van der Waals surface area contributed by atoms with Crippen LogP contribution in [0.5, 0.6) is 0 Å². The Morgan fingerprint density at radius 2 is 2.19 bits per heavy atom. The summed E-state index contributed by atoms with van der Waals surface area (Å²) < 4.78 is 5.62. The molecule has 0 aliphatic carbocycles. The van der Waals surface area contributed by atoms with Gasteiger partial charge in [-0.2, -0.15) is 5.10 Å². The van der Waals surface area contributed by atoms with Gasteiger partial charge in [0.05, 0.1) is 18.9 Å². The van der Waals surface area contributed by atoms with Crippen LogP contribution in [-0.4, -0.2) is 46.8 Å². The molecule has 1 amide bonds. The third-order valence-corrected chi connectivity index (χ3v) is 4.59. The number of aryl methyl sites for hydroxylation is 1. The molecule has 1 aliphatic rings. The molecular formula is C20H26N4O2. The topological polar surface area (TPSA) is 67.3 Å². The van der Waals surface area contributed by atoms with Crippen LogP contribution in [0, 0.1) is 6.92 Å². The molecule has 1 N–H and O–H groups in total. The maximum absolute atomic E-state index is 12.5. The van der Waals surface area contributed by atoms with Crippen LogP contribution < -0.4 is 5.32 Å². The van der Waals surface area contributed by atoms with Crippen molar-refractivity contribution in [2.24, 2.45) is 0 Å². The van der Waals surface area contributed by atoms with Crippen LogP contribution in [0.2, 0.25) is 0 Å². The molecule has 0 saturated carbocycles. The summed E-state index contributed by atoms with van der Waals surface area (Å²) in [5, 5.41) is 10.7. The molecule has 1 aromatic heterocycles. The molecule has 1 aromatic carbocycles. The van der Waals surface area contributed by atoms with Gasteiger partial charge in [-0.1, -0.05) is 25.5 Å². The Bertz CT molecular complexity index is 731. The zero-order valence-electron chi connectivity index (χ0n) is 15.4. The number of hydrogen-bond acceptors (Lipinski definition) is 5. The van der Waals surface area contributed by atoms with E-state index in [1.807, 2.05) is 31.2 Å². The minimum absolute atomic E-state index is 0.169. The van der Waals surface area contributed by atoms with E-state index in [4.69, 9.17) is 4.74 Å². The van der Waals surface area contributed by atoms with Gasteiger partial charge in [0.1, 0.15) is 0 Å². The third kappa shape index (κ3) is 4.86. The fourth-order valence-electron chi connectivity index (χ4n) is 3.20. The summed E-state index contributed by atoms with van der Waals surface area (Å²) in [4.78, 5) is 15.0. The fourth-order valence-corrected chi connectivity index (χ4v) is 3.20. The maximum atomic E-state index is 12.5. The molecule has 0 unspecified atom stereocenters. The number of carbonyl (C=O) groups excluding carboxylic acids is 1. The quantitative estimate of drug-likeness (QED) is 0.864. The van der Waals surface area contributed by atoms with Gasteiger partial charge in [0.25, 0.3) is 5.91 Å². The van der Waals surface area contributed by atoms with Crippen molar-refractivity contribution in [3.05, 3.63) is 53.2 Å². The Labute approximate surface area is 154 Å². The van der Waals surface area contributed by atoms with Gasteiger partial charge in [-0.05, 0) is 43.2 Å². The van der Waals surface area contributed by atoms with Crippen LogP contribution in [-0.2, 0) is 11.3 Å². The van der Waals surface area contributed by atoms with Crippen molar-refractivity contribution in [3.63, 3.8) is 0 Å². The van der Waals surface area contributed by atoms with E-state index >= 15 is 0 Å². The lowest BCUT2D eigenvalue weighted by Crippen LogP contribution is -2.44. The molecule has 0 spiro atoms. The maximum Gasteiger partial charge on any atom is 0.256 e. The average molecular weight is 354 g/mol. The highest BCUT2D eigenvalue weighted by Gasteiger charge is 2.22. The molecule has 138 valence electrons. The number of amides is 1. The summed E-state index contributed by atoms with van der Waals surface area (Å²) in [6.45, 7) is 7.39. The Morgan fingerprint density at radius 1 is 1.31 bits per heavy atom. The lowest BCUT2D eigenvalue weighted by Gasteiger charge is -2.35. The number of ether oxygens (including phenoxy) is 1. The molecule has 6 heteroatoms. The van der Waals surface area contributed by atoms with Crippen LogP contribution in [0.15, 0.2) is 36.4 Å². The summed E-state index contributed by atoms with van der Waals surface area (Å²) in [6.07, 6.45) is 2.27. The van der Waals surface area contributed by atoms with Gasteiger partial charge in [0, 0.05) is 24.7 Å². The Morgan fingerprint density at radius 3 is 2.96 bits per heavy atom. The molecule has 26 heavy (non-hydrogen) atoms. The van der Waals surface area contributed by atoms with E-state index in [0.29, 0.717) is 17.4 Å². The highest BCUT2D eigenvalue weighted by atomic mass is 16.5. The Kier molecular flexibility index (Phi) is 6.30. The summed E-state index contributed by atoms with van der Waals surface area (Å²) >= 11 is 0. The van der Waals surface area contributed by atoms with Gasteiger partial charge in [-0.15, -0.1) is 5.10 Å². The number of rotatable bonds is 6. The van der Waals surface area contributed by atoms with Gasteiger partial charge in [-0.25, -0.2) is 0 Å². The van der Waals surface area contributed by atoms with E-state index in [0.717, 1.165) is 50.4 Å². The molecule has 6 nitrogen and oxygen atoms in total. The molecule has 1 aliphatic heterocycles. The number of hydrogen-bond donors (Lipinski definition) is 1. The van der Waals surface area contributed by atoms with Crippen LogP contribution in [0.3, 0.4) is 0 Å². The summed E-state index contributed by atoms with van der Waals surface area (Å²) in [7, 11) is 0. The first-order valence-electron chi connectivity index (χ1n) is 9.18. The zero-order valence-corrected chi connectivity index (χ0v) is 15.4. The zero-order chi connectivity index (χ0) is 18.4. The second kappa shape index (κ2) is 8.87. The predicted molar refractivity (Wildman–Crippen MR) is 101 cm³/mol. The first-order valence-corrected chi connectivity index (χ1v) is 9.18. The lowest BCUT2D eigenvalue weighted by atomic mass is 10.1. The van der Waals surface area contributed by atoms with Crippen molar-refractivity contribution < 1.29 is 9.53 Å². The fraction of sp³-hybridized carbons (Fsp3) is 0.450. The van der Waals surface area contributed by atoms with Crippen LogP contribution in [0.4, 0.5) is 5.82 Å². The minimum Gasteiger partial charge on any atom is -0.378 e. The van der Waals surface area contributed by atoms with Gasteiger partial charge < -0.3 is 10.1 Å². The van der Waals surface area contributed by atoms with E-state index in [-0.39, 0.29) is 5.91 Å². The molecule has 1 fully saturated rings. The van der Waals surface area contributed by atoms with Gasteiger partial charge in [-0.3, -0.25) is 9.69 Å². The second-order valence-electron chi connectivity index (χ2n) is 6.70. The van der Waals surface area contributed by atoms with Crippen molar-refractivity contribution in [2.75, 3.05) is 25.1 Å². The molecular weight excluding hydrogens is 328 g/mol. The third-order valence-electron chi connectivity index (χ3n) is 4.59. The van der Waals surface area contributed by atoms with Crippen molar-refractivity contribution in [1.29, 1.82) is 0 Å². The normalized spacial score (nSPS) is 17.8. The van der Waals surface area contributed by atoms with E-state index in [2.05, 4.69) is 33.4 Å². The number of anilines is 1. The molecule has 0 bridgehead atoms. The molecule has 1 saturated heterocycles. The highest BCUT2D eigenvalue weighted by molar-refractivity contribution is 6.03. The van der Waals surface area contributed by atoms with Crippen LogP contribution in [0.1, 0.15) is 41.4 Å². The Hall–Kier alpha value is -2.31. The summed E-state index contributed by atoms with van der Waals surface area (Å²) in [5.41, 5.74) is 2.58. The smallest absolute Gasteiger partial charge is 0.256 e. The molecule has 2 aromatic rings. The lowest BCUT2D eigenvalue weighted by molar-refractivity contribution is -0.0147. The monoisotopic (exact) mass is 354 g/mol. The number of nitrogens with zero attached hydrogens (tertiary/aromatic N) is 3. The van der Waals surface area contributed by atoms with Crippen molar-refractivity contribution in [3.8, 4) is 0 Å². The van der Waals surface area contributed by atoms with Gasteiger partial charge in [0.15, 0.2) is 5.82 Å². The average Bonchev–Trinajstić information content (AvgIpc) is 2.66. The first kappa shape index (κ1) is 18.5. The predicted octanol–water partition coefficient (Wildman–Crippen LogP) is 3.04. The summed E-state index contributed by atoms with van der Waals surface area (Å²) in [6, 6.07) is 11.8. The number of nitrogens with one attached hydrogen (secondary N) is 1. The molecule has 0 radical (unpaired) electrons. The van der Waals surface area contributed by atoms with Crippen molar-refractivity contribution in [2.45, 2.75) is 39.3 Å². The van der Waals surface area contributed by atoms with E-state index in [1.165, 1.54) is 0 Å². The molecule has 3 rings (SSSR count). The second-order valence-corrected chi connectivity index (χ2v) is 6.70. The van der Waals surface area contributed by atoms with Crippen molar-refractivity contribution in [1.82, 2.24) is 15.1 Å². The Balaban J connectivity index is 1.67. The highest BCUT2D eigenvalue weighted by Crippen LogP contribution is 2.17.